The number of hydrogen-bond donors (Lipinski definition) is 2. The Morgan fingerprint density at radius 2 is 2.17 bits per heavy atom. The molecular weight excluding hydrogens is 254 g/mol. The zero-order chi connectivity index (χ0) is 12.1. The average molecular weight is 278 g/mol. The second-order valence-corrected chi connectivity index (χ2v) is 5.04. The fourth-order valence-electron chi connectivity index (χ4n) is 2.47. The molecule has 106 valence electrons. The minimum atomic E-state index is 0. The van der Waals surface area contributed by atoms with Gasteiger partial charge in [0.25, 0.3) is 0 Å². The van der Waals surface area contributed by atoms with Crippen LogP contribution in [0.3, 0.4) is 0 Å². The Bertz CT molecular complexity index is 260. The first-order valence-corrected chi connectivity index (χ1v) is 6.57. The summed E-state index contributed by atoms with van der Waals surface area (Å²) < 4.78 is 5.28. The number of piperazine rings is 1. The van der Waals surface area contributed by atoms with E-state index in [0.717, 1.165) is 45.7 Å². The first-order chi connectivity index (χ1) is 8.24. The highest BCUT2D eigenvalue weighted by Crippen LogP contribution is 2.06. The van der Waals surface area contributed by atoms with E-state index in [0.29, 0.717) is 18.6 Å². The van der Waals surface area contributed by atoms with Crippen LogP contribution in [0.1, 0.15) is 19.8 Å². The summed E-state index contributed by atoms with van der Waals surface area (Å²) >= 11 is 0. The van der Waals surface area contributed by atoms with Crippen LogP contribution in [0.2, 0.25) is 0 Å². The quantitative estimate of drug-likeness (QED) is 0.762. The molecule has 2 N–H and O–H groups in total. The van der Waals surface area contributed by atoms with E-state index < -0.39 is 0 Å². The molecule has 18 heavy (non-hydrogen) atoms. The molecule has 2 aliphatic heterocycles. The molecule has 0 aromatic rings. The normalized spacial score (nSPS) is 26.4. The minimum Gasteiger partial charge on any atom is -0.381 e. The van der Waals surface area contributed by atoms with Crippen LogP contribution < -0.4 is 10.6 Å². The Kier molecular flexibility index (Phi) is 6.92. The lowest BCUT2D eigenvalue weighted by Crippen LogP contribution is -2.52. The summed E-state index contributed by atoms with van der Waals surface area (Å²) in [6.45, 7) is 7.13. The van der Waals surface area contributed by atoms with Gasteiger partial charge in [-0.1, -0.05) is 0 Å². The lowest BCUT2D eigenvalue weighted by Gasteiger charge is -2.32. The van der Waals surface area contributed by atoms with Crippen LogP contribution in [0.5, 0.6) is 0 Å². The van der Waals surface area contributed by atoms with Crippen LogP contribution in [-0.2, 0) is 9.53 Å². The minimum absolute atomic E-state index is 0. The van der Waals surface area contributed by atoms with Gasteiger partial charge < -0.3 is 15.4 Å². The van der Waals surface area contributed by atoms with Crippen LogP contribution >= 0.6 is 12.4 Å². The maximum Gasteiger partial charge on any atom is 0.234 e. The van der Waals surface area contributed by atoms with Gasteiger partial charge in [0.15, 0.2) is 0 Å². The van der Waals surface area contributed by atoms with Crippen LogP contribution in [0.25, 0.3) is 0 Å². The lowest BCUT2D eigenvalue weighted by molar-refractivity contribution is -0.123. The fraction of sp³-hybridized carbons (Fsp3) is 0.917. The number of rotatable bonds is 3. The van der Waals surface area contributed by atoms with Crippen LogP contribution in [0, 0.1) is 0 Å². The summed E-state index contributed by atoms with van der Waals surface area (Å²) in [7, 11) is 0. The molecule has 0 aromatic heterocycles. The Morgan fingerprint density at radius 3 is 2.83 bits per heavy atom. The van der Waals surface area contributed by atoms with Crippen molar-refractivity contribution in [2.45, 2.75) is 31.8 Å². The molecule has 0 bridgehead atoms. The zero-order valence-electron chi connectivity index (χ0n) is 11.0. The van der Waals surface area contributed by atoms with Crippen LogP contribution in [0.15, 0.2) is 0 Å². The van der Waals surface area contributed by atoms with Crippen molar-refractivity contribution in [1.29, 1.82) is 0 Å². The molecule has 2 aliphatic rings. The average Bonchev–Trinajstić information content (AvgIpc) is 2.30. The Hall–Kier alpha value is -0.360. The van der Waals surface area contributed by atoms with Crippen molar-refractivity contribution in [3.05, 3.63) is 0 Å². The van der Waals surface area contributed by atoms with Crippen molar-refractivity contribution in [3.8, 4) is 0 Å². The topological polar surface area (TPSA) is 53.6 Å². The number of hydrogen-bond acceptors (Lipinski definition) is 4. The summed E-state index contributed by atoms with van der Waals surface area (Å²) in [5.41, 5.74) is 0. The van der Waals surface area contributed by atoms with Gasteiger partial charge in [0.1, 0.15) is 0 Å². The molecule has 1 unspecified atom stereocenters. The van der Waals surface area contributed by atoms with Crippen molar-refractivity contribution in [3.63, 3.8) is 0 Å². The molecule has 2 fully saturated rings. The lowest BCUT2D eigenvalue weighted by atomic mass is 10.1. The van der Waals surface area contributed by atoms with E-state index >= 15 is 0 Å². The standard InChI is InChI=1S/C12H23N3O2.ClH/c1-10-8-15(5-4-13-10)9-12(16)14-11-2-6-17-7-3-11;/h10-11,13H,2-9H2,1H3,(H,14,16);1H. The Labute approximate surface area is 115 Å². The van der Waals surface area contributed by atoms with Gasteiger partial charge in [0.05, 0.1) is 6.54 Å². The van der Waals surface area contributed by atoms with Crippen LogP contribution in [0.4, 0.5) is 0 Å². The van der Waals surface area contributed by atoms with Crippen LogP contribution in [-0.4, -0.2) is 62.3 Å². The van der Waals surface area contributed by atoms with Gasteiger partial charge in [-0.3, -0.25) is 9.69 Å². The Morgan fingerprint density at radius 1 is 1.44 bits per heavy atom. The van der Waals surface area contributed by atoms with Gasteiger partial charge in [0.2, 0.25) is 5.91 Å². The maximum atomic E-state index is 11.9. The van der Waals surface area contributed by atoms with Gasteiger partial charge in [-0.05, 0) is 19.8 Å². The van der Waals surface area contributed by atoms with Crippen molar-refractivity contribution >= 4 is 18.3 Å². The zero-order valence-corrected chi connectivity index (χ0v) is 11.8. The van der Waals surface area contributed by atoms with E-state index in [1.807, 2.05) is 0 Å². The molecule has 6 heteroatoms. The summed E-state index contributed by atoms with van der Waals surface area (Å²) in [5, 5.41) is 6.48. The number of ether oxygens (including phenoxy) is 1. The van der Waals surface area contributed by atoms with E-state index in [4.69, 9.17) is 4.74 Å². The molecule has 1 amide bonds. The summed E-state index contributed by atoms with van der Waals surface area (Å²) in [6, 6.07) is 0.802. The number of nitrogens with zero attached hydrogens (tertiary/aromatic N) is 1. The molecule has 0 aromatic carbocycles. The molecule has 2 rings (SSSR count). The smallest absolute Gasteiger partial charge is 0.234 e. The van der Waals surface area contributed by atoms with Crippen molar-refractivity contribution in [2.24, 2.45) is 0 Å². The second-order valence-electron chi connectivity index (χ2n) is 5.04. The van der Waals surface area contributed by atoms with Crippen molar-refractivity contribution in [1.82, 2.24) is 15.5 Å². The van der Waals surface area contributed by atoms with Gasteiger partial charge >= 0.3 is 0 Å². The maximum absolute atomic E-state index is 11.9. The van der Waals surface area contributed by atoms with Gasteiger partial charge in [-0.2, -0.15) is 0 Å². The van der Waals surface area contributed by atoms with Gasteiger partial charge in [-0.25, -0.2) is 0 Å². The van der Waals surface area contributed by atoms with Gasteiger partial charge in [-0.15, -0.1) is 12.4 Å². The van der Waals surface area contributed by atoms with E-state index in [-0.39, 0.29) is 18.3 Å². The third kappa shape index (κ3) is 5.10. The predicted octanol–water partition coefficient (Wildman–Crippen LogP) is -0.00290. The number of nitrogens with one attached hydrogen (secondary N) is 2. The molecule has 5 nitrogen and oxygen atoms in total. The SMILES string of the molecule is CC1CN(CC(=O)NC2CCOCC2)CCN1.Cl. The van der Waals surface area contributed by atoms with E-state index in [9.17, 15) is 4.79 Å². The number of amides is 1. The molecule has 0 aliphatic carbocycles. The summed E-state index contributed by atoms with van der Waals surface area (Å²) in [6.07, 6.45) is 1.90. The van der Waals surface area contributed by atoms with E-state index in [1.54, 1.807) is 0 Å². The molecule has 2 heterocycles. The van der Waals surface area contributed by atoms with E-state index in [2.05, 4.69) is 22.5 Å². The summed E-state index contributed by atoms with van der Waals surface area (Å²) in [4.78, 5) is 14.1. The first kappa shape index (κ1) is 15.7. The third-order valence-corrected chi connectivity index (χ3v) is 3.41. The highest BCUT2D eigenvalue weighted by Gasteiger charge is 2.20. The molecule has 1 atom stereocenters. The van der Waals surface area contributed by atoms with Gasteiger partial charge in [0, 0.05) is 44.9 Å². The molecule has 0 spiro atoms. The highest BCUT2D eigenvalue weighted by molar-refractivity contribution is 5.85. The fourth-order valence-corrected chi connectivity index (χ4v) is 2.47. The number of carbonyl (C=O) groups is 1. The molecule has 0 saturated carbocycles. The first-order valence-electron chi connectivity index (χ1n) is 6.57. The molecular formula is C12H24ClN3O2. The second kappa shape index (κ2) is 7.94. The predicted molar refractivity (Wildman–Crippen MR) is 73.1 cm³/mol. The molecule has 0 radical (unpaired) electrons. The highest BCUT2D eigenvalue weighted by atomic mass is 35.5. The number of carbonyl (C=O) groups excluding carboxylic acids is 1. The van der Waals surface area contributed by atoms with E-state index in [1.165, 1.54) is 0 Å². The van der Waals surface area contributed by atoms with Crippen molar-refractivity contribution < 1.29 is 9.53 Å². The van der Waals surface area contributed by atoms with Crippen molar-refractivity contribution in [2.75, 3.05) is 39.4 Å². The monoisotopic (exact) mass is 277 g/mol. The number of halogens is 1. The largest absolute Gasteiger partial charge is 0.381 e. The Balaban J connectivity index is 0.00000162. The third-order valence-electron chi connectivity index (χ3n) is 3.41. The summed E-state index contributed by atoms with van der Waals surface area (Å²) in [5.74, 6) is 0.158. The molecule has 2 saturated heterocycles.